The number of rotatable bonds is 12. The van der Waals surface area contributed by atoms with E-state index < -0.39 is 11.9 Å². The van der Waals surface area contributed by atoms with E-state index in [1.54, 1.807) is 24.3 Å². The van der Waals surface area contributed by atoms with Crippen LogP contribution in [0.4, 0.5) is 10.8 Å². The van der Waals surface area contributed by atoms with Gasteiger partial charge in [-0.15, -0.1) is 11.3 Å². The fourth-order valence-electron chi connectivity index (χ4n) is 5.24. The molecule has 8 heteroatoms. The zero-order chi connectivity index (χ0) is 28.6. The Balaban J connectivity index is 1.23. The summed E-state index contributed by atoms with van der Waals surface area (Å²) in [6.45, 7) is 0.956. The number of aromatic nitrogens is 1. The molecule has 0 atom stereocenters. The number of benzene rings is 3. The summed E-state index contributed by atoms with van der Waals surface area (Å²) in [5.74, 6) is -0.364. The second kappa shape index (κ2) is 13.5. The Bertz CT molecular complexity index is 1440. The normalized spacial score (nSPS) is 13.6. The molecule has 0 spiro atoms. The maximum absolute atomic E-state index is 11.3. The lowest BCUT2D eigenvalue weighted by Gasteiger charge is -2.22. The van der Waals surface area contributed by atoms with Crippen molar-refractivity contribution in [3.8, 4) is 17.0 Å². The molecule has 0 radical (unpaired) electrons. The average Bonchev–Trinajstić information content (AvgIpc) is 3.49. The van der Waals surface area contributed by atoms with Gasteiger partial charge in [0.15, 0.2) is 5.13 Å². The summed E-state index contributed by atoms with van der Waals surface area (Å²) in [5.41, 5.74) is 5.30. The fourth-order valence-corrected chi connectivity index (χ4v) is 6.12. The molecule has 2 N–H and O–H groups in total. The summed E-state index contributed by atoms with van der Waals surface area (Å²) < 4.78 is 6.04. The number of aromatic carboxylic acids is 1. The van der Waals surface area contributed by atoms with Crippen molar-refractivity contribution in [2.24, 2.45) is 0 Å². The highest BCUT2D eigenvalue weighted by molar-refractivity contribution is 7.14. The summed E-state index contributed by atoms with van der Waals surface area (Å²) in [5, 5.41) is 21.0. The molecule has 4 aromatic rings. The van der Waals surface area contributed by atoms with Crippen LogP contribution in [0, 0.1) is 0 Å². The second-order valence-electron chi connectivity index (χ2n) is 10.4. The van der Waals surface area contributed by atoms with Crippen molar-refractivity contribution in [1.29, 1.82) is 0 Å². The highest BCUT2D eigenvalue weighted by Gasteiger charge is 2.17. The number of hydrogen-bond donors (Lipinski definition) is 2. The van der Waals surface area contributed by atoms with Gasteiger partial charge >= 0.3 is 11.9 Å². The summed E-state index contributed by atoms with van der Waals surface area (Å²) in [4.78, 5) is 29.1. The van der Waals surface area contributed by atoms with E-state index in [0.29, 0.717) is 30.6 Å². The van der Waals surface area contributed by atoms with E-state index in [1.807, 2.05) is 34.5 Å². The van der Waals surface area contributed by atoms with Crippen LogP contribution in [0.25, 0.3) is 11.3 Å². The van der Waals surface area contributed by atoms with E-state index in [9.17, 15) is 14.7 Å². The number of hydrogen-bond acceptors (Lipinski definition) is 6. The van der Waals surface area contributed by atoms with Crippen LogP contribution < -0.4 is 9.64 Å². The molecule has 0 bridgehead atoms. The lowest BCUT2D eigenvalue weighted by Crippen LogP contribution is -2.19. The summed E-state index contributed by atoms with van der Waals surface area (Å²) in [7, 11) is 0. The standard InChI is InChI=1S/C33H34N2O5S/c36-31(37)7-4-20-35(28-16-12-27(13-17-28)32(38)39)33-34-30(22-41-33)26-14-18-29(19-15-26)40-21-23-8-10-25(11-9-23)24-5-2-1-3-6-24/h8-19,22,24H,1-7,20-21H2,(H,36,37)(H,38,39). The first-order valence-electron chi connectivity index (χ1n) is 14.1. The molecule has 0 amide bonds. The van der Waals surface area contributed by atoms with Crippen molar-refractivity contribution in [3.05, 3.63) is 94.9 Å². The topological polar surface area (TPSA) is 100.0 Å². The van der Waals surface area contributed by atoms with Crippen LogP contribution in [0.5, 0.6) is 5.75 Å². The van der Waals surface area contributed by atoms with Crippen molar-refractivity contribution in [1.82, 2.24) is 4.98 Å². The molecular formula is C33H34N2O5S. The Labute approximate surface area is 244 Å². The highest BCUT2D eigenvalue weighted by Crippen LogP contribution is 2.34. The number of carboxylic acid groups (broad SMARTS) is 2. The Hall–Kier alpha value is -4.17. The third kappa shape index (κ3) is 7.52. The summed E-state index contributed by atoms with van der Waals surface area (Å²) >= 11 is 1.46. The van der Waals surface area contributed by atoms with Gasteiger partial charge < -0.3 is 19.8 Å². The molecule has 7 nitrogen and oxygen atoms in total. The van der Waals surface area contributed by atoms with Gasteiger partial charge in [0, 0.05) is 29.6 Å². The number of nitrogens with zero attached hydrogens (tertiary/aromatic N) is 2. The number of ether oxygens (including phenoxy) is 1. The zero-order valence-electron chi connectivity index (χ0n) is 22.9. The molecule has 1 aliphatic rings. The van der Waals surface area contributed by atoms with Gasteiger partial charge in [0.2, 0.25) is 0 Å². The molecule has 0 saturated heterocycles. The van der Waals surface area contributed by atoms with Crippen molar-refractivity contribution in [3.63, 3.8) is 0 Å². The van der Waals surface area contributed by atoms with Crippen LogP contribution in [-0.4, -0.2) is 33.7 Å². The van der Waals surface area contributed by atoms with Gasteiger partial charge in [-0.05, 0) is 84.8 Å². The zero-order valence-corrected chi connectivity index (χ0v) is 23.7. The maximum atomic E-state index is 11.3. The predicted molar refractivity (Wildman–Crippen MR) is 161 cm³/mol. The van der Waals surface area contributed by atoms with Crippen molar-refractivity contribution in [2.75, 3.05) is 11.4 Å². The summed E-state index contributed by atoms with van der Waals surface area (Å²) in [6, 6.07) is 23.2. The average molecular weight is 571 g/mol. The van der Waals surface area contributed by atoms with Gasteiger partial charge in [-0.1, -0.05) is 43.5 Å². The molecule has 5 rings (SSSR count). The molecule has 212 valence electrons. The fraction of sp³-hybridized carbons (Fsp3) is 0.303. The van der Waals surface area contributed by atoms with Crippen molar-refractivity contribution < 1.29 is 24.5 Å². The first-order chi connectivity index (χ1) is 20.0. The third-order valence-electron chi connectivity index (χ3n) is 7.53. The van der Waals surface area contributed by atoms with Crippen LogP contribution in [-0.2, 0) is 11.4 Å². The van der Waals surface area contributed by atoms with Gasteiger partial charge in [0.05, 0.1) is 11.3 Å². The van der Waals surface area contributed by atoms with Crippen LogP contribution in [0.15, 0.2) is 78.2 Å². The number of carbonyl (C=O) groups is 2. The van der Waals surface area contributed by atoms with Crippen molar-refractivity contribution >= 4 is 34.1 Å². The molecule has 1 saturated carbocycles. The lowest BCUT2D eigenvalue weighted by molar-refractivity contribution is -0.137. The largest absolute Gasteiger partial charge is 0.489 e. The minimum absolute atomic E-state index is 0.0358. The minimum atomic E-state index is -0.995. The third-order valence-corrected chi connectivity index (χ3v) is 8.40. The maximum Gasteiger partial charge on any atom is 0.335 e. The first kappa shape index (κ1) is 28.4. The number of carboxylic acids is 2. The Morgan fingerprint density at radius 1 is 0.902 bits per heavy atom. The van der Waals surface area contributed by atoms with E-state index in [-0.39, 0.29) is 12.0 Å². The van der Waals surface area contributed by atoms with Crippen LogP contribution in [0.2, 0.25) is 0 Å². The quantitative estimate of drug-likeness (QED) is 0.177. The lowest BCUT2D eigenvalue weighted by atomic mass is 9.84. The molecule has 1 fully saturated rings. The van der Waals surface area contributed by atoms with E-state index in [2.05, 4.69) is 24.3 Å². The Morgan fingerprint density at radius 2 is 1.61 bits per heavy atom. The first-order valence-corrected chi connectivity index (χ1v) is 14.9. The van der Waals surface area contributed by atoms with Gasteiger partial charge in [-0.2, -0.15) is 0 Å². The monoisotopic (exact) mass is 570 g/mol. The van der Waals surface area contributed by atoms with Gasteiger partial charge in [0.1, 0.15) is 12.4 Å². The highest BCUT2D eigenvalue weighted by atomic mass is 32.1. The van der Waals surface area contributed by atoms with Gasteiger partial charge in [-0.25, -0.2) is 9.78 Å². The van der Waals surface area contributed by atoms with Crippen LogP contribution in [0.3, 0.4) is 0 Å². The summed E-state index contributed by atoms with van der Waals surface area (Å²) in [6.07, 6.45) is 7.09. The van der Waals surface area contributed by atoms with Gasteiger partial charge in [0.25, 0.3) is 0 Å². The van der Waals surface area contributed by atoms with Crippen LogP contribution >= 0.6 is 11.3 Å². The number of anilines is 2. The van der Waals surface area contributed by atoms with Gasteiger partial charge in [-0.3, -0.25) is 4.79 Å². The Morgan fingerprint density at radius 3 is 2.27 bits per heavy atom. The van der Waals surface area contributed by atoms with Crippen molar-refractivity contribution in [2.45, 2.75) is 57.5 Å². The smallest absolute Gasteiger partial charge is 0.335 e. The molecule has 41 heavy (non-hydrogen) atoms. The van der Waals surface area contributed by atoms with Crippen LogP contribution in [0.1, 0.15) is 72.3 Å². The molecule has 1 heterocycles. The molecular weight excluding hydrogens is 536 g/mol. The predicted octanol–water partition coefficient (Wildman–Crippen LogP) is 8.14. The number of thiazole rings is 1. The van der Waals surface area contributed by atoms with E-state index in [4.69, 9.17) is 14.8 Å². The molecule has 0 unspecified atom stereocenters. The number of aliphatic carboxylic acids is 1. The van der Waals surface area contributed by atoms with E-state index in [1.165, 1.54) is 49.0 Å². The molecule has 3 aromatic carbocycles. The Kier molecular flexibility index (Phi) is 9.31. The molecule has 1 aliphatic carbocycles. The SMILES string of the molecule is O=C(O)CCCN(c1ccc(C(=O)O)cc1)c1nc(-c2ccc(OCc3ccc(C4CCCCC4)cc3)cc2)cs1. The molecule has 1 aromatic heterocycles. The second-order valence-corrected chi connectivity index (χ2v) is 11.2. The van der Waals surface area contributed by atoms with E-state index >= 15 is 0 Å². The van der Waals surface area contributed by atoms with E-state index in [0.717, 1.165) is 28.3 Å². The minimum Gasteiger partial charge on any atom is -0.489 e. The molecule has 0 aliphatic heterocycles.